The highest BCUT2D eigenvalue weighted by atomic mass is 16.5. The molecule has 3 heterocycles. The average Bonchev–Trinajstić information content (AvgIpc) is 2.71. The number of hydrogen-bond donors (Lipinski definition) is 1. The van der Waals surface area contributed by atoms with Crippen LogP contribution in [-0.2, 0) is 9.59 Å². The van der Waals surface area contributed by atoms with Gasteiger partial charge >= 0.3 is 0 Å². The first kappa shape index (κ1) is 17.3. The van der Waals surface area contributed by atoms with Gasteiger partial charge in [-0.3, -0.25) is 14.5 Å². The molecule has 0 saturated carbocycles. The second-order valence-corrected chi connectivity index (χ2v) is 6.83. The van der Waals surface area contributed by atoms with E-state index in [9.17, 15) is 9.59 Å². The third-order valence-electron chi connectivity index (χ3n) is 4.96. The number of amides is 2. The average molecular weight is 366 g/mol. The Balaban J connectivity index is 1.66. The number of ether oxygens (including phenoxy) is 1. The third-order valence-corrected chi connectivity index (χ3v) is 4.96. The summed E-state index contributed by atoms with van der Waals surface area (Å²) >= 11 is 0. The summed E-state index contributed by atoms with van der Waals surface area (Å²) in [5.41, 5.74) is 6.55. The summed E-state index contributed by atoms with van der Waals surface area (Å²) in [5, 5.41) is 0. The van der Waals surface area contributed by atoms with Crippen molar-refractivity contribution < 1.29 is 14.3 Å². The lowest BCUT2D eigenvalue weighted by Crippen LogP contribution is -2.49. The lowest BCUT2D eigenvalue weighted by Gasteiger charge is -2.35. The van der Waals surface area contributed by atoms with Gasteiger partial charge in [-0.1, -0.05) is 30.3 Å². The molecule has 7 heteroatoms. The molecular formula is C20H22N4O3. The Labute approximate surface area is 157 Å². The molecule has 27 heavy (non-hydrogen) atoms. The van der Waals surface area contributed by atoms with Crippen molar-refractivity contribution in [1.29, 1.82) is 0 Å². The standard InChI is InChI=1S/C20H22N4O3/c21-16-10-9-15-19(22-16)24(13-17(25)23-11-5-2-6-12-23)20(26)18(27-15)14-7-3-1-4-8-14/h1,3-4,7-10,18H,2,5-6,11-13H2,(H2,21,22). The molecule has 1 atom stereocenters. The number of nitrogens with zero attached hydrogens (tertiary/aromatic N) is 3. The number of fused-ring (bicyclic) bond motifs is 1. The van der Waals surface area contributed by atoms with Crippen LogP contribution in [0.15, 0.2) is 42.5 Å². The minimum absolute atomic E-state index is 0.0605. The van der Waals surface area contributed by atoms with Gasteiger partial charge in [0, 0.05) is 18.7 Å². The summed E-state index contributed by atoms with van der Waals surface area (Å²) in [4.78, 5) is 33.4. The van der Waals surface area contributed by atoms with Gasteiger partial charge in [0.15, 0.2) is 11.6 Å². The number of anilines is 2. The Morgan fingerprint density at radius 2 is 1.85 bits per heavy atom. The molecule has 0 spiro atoms. The lowest BCUT2D eigenvalue weighted by molar-refractivity contribution is -0.134. The fourth-order valence-electron chi connectivity index (χ4n) is 3.53. The summed E-state index contributed by atoms with van der Waals surface area (Å²) in [6.45, 7) is 1.41. The first-order valence-electron chi connectivity index (χ1n) is 9.21. The minimum atomic E-state index is -0.807. The minimum Gasteiger partial charge on any atom is -0.472 e. The van der Waals surface area contributed by atoms with E-state index in [0.29, 0.717) is 11.6 Å². The first-order chi connectivity index (χ1) is 13.1. The number of aromatic nitrogens is 1. The van der Waals surface area contributed by atoms with E-state index in [1.165, 1.54) is 4.90 Å². The topological polar surface area (TPSA) is 88.8 Å². The van der Waals surface area contributed by atoms with Gasteiger partial charge < -0.3 is 15.4 Å². The van der Waals surface area contributed by atoms with Gasteiger partial charge in [0.25, 0.3) is 5.91 Å². The van der Waals surface area contributed by atoms with Crippen LogP contribution in [-0.4, -0.2) is 41.3 Å². The van der Waals surface area contributed by atoms with Crippen LogP contribution in [0.1, 0.15) is 30.9 Å². The van der Waals surface area contributed by atoms with Crippen LogP contribution in [0.2, 0.25) is 0 Å². The molecule has 140 valence electrons. The number of pyridine rings is 1. The van der Waals surface area contributed by atoms with E-state index in [2.05, 4.69) is 4.98 Å². The van der Waals surface area contributed by atoms with E-state index in [1.54, 1.807) is 12.1 Å². The Morgan fingerprint density at radius 3 is 2.59 bits per heavy atom. The van der Waals surface area contributed by atoms with Crippen molar-refractivity contribution >= 4 is 23.5 Å². The molecule has 0 radical (unpaired) electrons. The molecule has 2 aliphatic heterocycles. The highest BCUT2D eigenvalue weighted by molar-refractivity contribution is 6.03. The van der Waals surface area contributed by atoms with Crippen LogP contribution < -0.4 is 15.4 Å². The van der Waals surface area contributed by atoms with Gasteiger partial charge in [0.1, 0.15) is 12.4 Å². The van der Waals surface area contributed by atoms with Crippen molar-refractivity contribution in [3.63, 3.8) is 0 Å². The zero-order valence-corrected chi connectivity index (χ0v) is 15.0. The van der Waals surface area contributed by atoms with E-state index in [-0.39, 0.29) is 24.2 Å². The Kier molecular flexibility index (Phi) is 4.66. The molecule has 1 aromatic carbocycles. The van der Waals surface area contributed by atoms with Gasteiger partial charge in [0.2, 0.25) is 12.0 Å². The molecule has 7 nitrogen and oxygen atoms in total. The zero-order valence-electron chi connectivity index (χ0n) is 15.0. The molecule has 1 unspecified atom stereocenters. The number of carbonyl (C=O) groups is 2. The maximum Gasteiger partial charge on any atom is 0.274 e. The number of rotatable bonds is 3. The van der Waals surface area contributed by atoms with E-state index in [1.807, 2.05) is 35.2 Å². The lowest BCUT2D eigenvalue weighted by atomic mass is 10.1. The predicted molar refractivity (Wildman–Crippen MR) is 101 cm³/mol. The maximum atomic E-state index is 13.2. The molecule has 0 aliphatic carbocycles. The molecule has 2 aliphatic rings. The highest BCUT2D eigenvalue weighted by Gasteiger charge is 2.38. The van der Waals surface area contributed by atoms with Crippen LogP contribution in [0, 0.1) is 0 Å². The van der Waals surface area contributed by atoms with Crippen molar-refractivity contribution in [1.82, 2.24) is 9.88 Å². The van der Waals surface area contributed by atoms with E-state index < -0.39 is 6.10 Å². The molecule has 0 bridgehead atoms. The highest BCUT2D eigenvalue weighted by Crippen LogP contribution is 2.38. The van der Waals surface area contributed by atoms with Crippen molar-refractivity contribution in [3.05, 3.63) is 48.0 Å². The number of carbonyl (C=O) groups excluding carboxylic acids is 2. The summed E-state index contributed by atoms with van der Waals surface area (Å²) in [6.07, 6.45) is 2.32. The molecule has 2 N–H and O–H groups in total. The maximum absolute atomic E-state index is 13.2. The van der Waals surface area contributed by atoms with Gasteiger partial charge in [-0.25, -0.2) is 4.98 Å². The van der Waals surface area contributed by atoms with Crippen LogP contribution in [0.5, 0.6) is 5.75 Å². The zero-order chi connectivity index (χ0) is 18.8. The van der Waals surface area contributed by atoms with Crippen molar-refractivity contribution in [2.75, 3.05) is 30.3 Å². The Bertz CT molecular complexity index is 850. The van der Waals surface area contributed by atoms with Gasteiger partial charge in [-0.05, 0) is 31.4 Å². The Morgan fingerprint density at radius 1 is 1.11 bits per heavy atom. The number of benzene rings is 1. The number of hydrogen-bond acceptors (Lipinski definition) is 5. The number of nitrogen functional groups attached to an aromatic ring is 1. The predicted octanol–water partition coefficient (Wildman–Crippen LogP) is 2.14. The first-order valence-corrected chi connectivity index (χ1v) is 9.21. The van der Waals surface area contributed by atoms with Crippen LogP contribution >= 0.6 is 0 Å². The molecule has 2 amide bonds. The SMILES string of the molecule is Nc1ccc2c(n1)N(CC(=O)N1CCCCC1)C(=O)C(c1ccccc1)O2. The second kappa shape index (κ2) is 7.26. The van der Waals surface area contributed by atoms with Crippen LogP contribution in [0.25, 0.3) is 0 Å². The second-order valence-electron chi connectivity index (χ2n) is 6.83. The molecular weight excluding hydrogens is 344 g/mol. The fraction of sp³-hybridized carbons (Fsp3) is 0.350. The molecule has 1 fully saturated rings. The van der Waals surface area contributed by atoms with Crippen molar-refractivity contribution in [2.45, 2.75) is 25.4 Å². The van der Waals surface area contributed by atoms with Crippen LogP contribution in [0.3, 0.4) is 0 Å². The van der Waals surface area contributed by atoms with Crippen molar-refractivity contribution in [3.8, 4) is 5.75 Å². The number of likely N-dealkylation sites (tertiary alicyclic amines) is 1. The third kappa shape index (κ3) is 3.45. The van der Waals surface area contributed by atoms with Crippen LogP contribution in [0.4, 0.5) is 11.6 Å². The van der Waals surface area contributed by atoms with E-state index in [4.69, 9.17) is 10.5 Å². The van der Waals surface area contributed by atoms with Gasteiger partial charge in [-0.15, -0.1) is 0 Å². The normalized spacial score (nSPS) is 19.4. The summed E-state index contributed by atoms with van der Waals surface area (Å²) in [7, 11) is 0. The van der Waals surface area contributed by atoms with Crippen molar-refractivity contribution in [2.24, 2.45) is 0 Å². The smallest absolute Gasteiger partial charge is 0.274 e. The molecule has 1 saturated heterocycles. The van der Waals surface area contributed by atoms with E-state index >= 15 is 0 Å². The number of nitrogens with two attached hydrogens (primary N) is 1. The molecule has 2 aromatic rings. The fourth-order valence-corrected chi connectivity index (χ4v) is 3.53. The van der Waals surface area contributed by atoms with Gasteiger partial charge in [0.05, 0.1) is 0 Å². The monoisotopic (exact) mass is 366 g/mol. The molecule has 1 aromatic heterocycles. The quantitative estimate of drug-likeness (QED) is 0.899. The summed E-state index contributed by atoms with van der Waals surface area (Å²) in [5.74, 6) is 0.643. The largest absolute Gasteiger partial charge is 0.472 e. The summed E-state index contributed by atoms with van der Waals surface area (Å²) in [6, 6.07) is 12.6. The van der Waals surface area contributed by atoms with E-state index in [0.717, 1.165) is 37.9 Å². The summed E-state index contributed by atoms with van der Waals surface area (Å²) < 4.78 is 5.91. The molecule has 4 rings (SSSR count). The Hall–Kier alpha value is -3.09. The van der Waals surface area contributed by atoms with Gasteiger partial charge in [-0.2, -0.15) is 0 Å². The number of piperidine rings is 1.